The van der Waals surface area contributed by atoms with Gasteiger partial charge in [0.1, 0.15) is 54.1 Å². The number of amides is 9. The Labute approximate surface area is 434 Å². The standard InChI is InChI=1S/C51H81N13O10/c1-31(2)28-40-44(66)56-26-21-39(61-45(67)35(17-22-52)57-43(65)16-11-27-74-34-14-9-6-10-15-34)49(71)59-38(20-25-55)48(70)64-42(30-33-12-7-5-8-13-33)51(73)63-41(29-32(3)4)50(72)60-36(18-23-53)46(68)58-37(19-24-54)47(69)62-40/h5-10,12-15,31-32,35-42H,11,16-30,52-55H2,1-4H3,(H,56,66)(H,57,65)(H,58,68)(H,59,71)(H,60,72)(H,61,67)(H,62,69)(H,63,73)(H,64,70)/t35-,36+,37+,38+,39+,40+,41+,42-/m1/s1. The summed E-state index contributed by atoms with van der Waals surface area (Å²) in [4.78, 5) is 126. The van der Waals surface area contributed by atoms with Crippen LogP contribution in [0, 0.1) is 11.8 Å². The van der Waals surface area contributed by atoms with Crippen LogP contribution in [0.15, 0.2) is 60.7 Å². The van der Waals surface area contributed by atoms with Gasteiger partial charge in [0.15, 0.2) is 0 Å². The minimum absolute atomic E-state index is 0.00407. The summed E-state index contributed by atoms with van der Waals surface area (Å²) in [5, 5.41) is 24.3. The second-order valence-electron chi connectivity index (χ2n) is 19.2. The molecule has 0 bridgehead atoms. The molecule has 0 spiro atoms. The van der Waals surface area contributed by atoms with E-state index < -0.39 is 101 Å². The molecule has 410 valence electrons. The highest BCUT2D eigenvalue weighted by molar-refractivity contribution is 5.98. The van der Waals surface area contributed by atoms with E-state index in [9.17, 15) is 43.2 Å². The minimum Gasteiger partial charge on any atom is -0.494 e. The molecular weight excluding hydrogens is 955 g/mol. The van der Waals surface area contributed by atoms with Gasteiger partial charge < -0.3 is 75.5 Å². The SMILES string of the molecule is CC(C)C[C@@H]1NC(=O)[C@H](CCN)NC(=O)[C@H](CCN)NC(=O)[C@H](CC(C)C)NC(=O)[C@@H](Cc2ccccc2)NC(=O)[C@H](CCN)NC(=O)[C@@H](NC(=O)[C@@H](CCN)NC(=O)CCCOc2ccccc2)CCNC1=O. The van der Waals surface area contributed by atoms with Gasteiger partial charge in [0, 0.05) is 19.4 Å². The molecule has 0 aliphatic carbocycles. The third kappa shape index (κ3) is 22.2. The van der Waals surface area contributed by atoms with E-state index in [0.717, 1.165) is 0 Å². The van der Waals surface area contributed by atoms with Gasteiger partial charge in [-0.3, -0.25) is 43.2 Å². The summed E-state index contributed by atoms with van der Waals surface area (Å²) in [6.07, 6.45) is 0.0424. The second-order valence-corrected chi connectivity index (χ2v) is 19.2. The molecule has 23 nitrogen and oxygen atoms in total. The maximum absolute atomic E-state index is 14.4. The Bertz CT molecular complexity index is 2120. The molecular formula is C51H81N13O10. The predicted octanol–water partition coefficient (Wildman–Crippen LogP) is -2.03. The molecule has 74 heavy (non-hydrogen) atoms. The van der Waals surface area contributed by atoms with E-state index in [0.29, 0.717) is 17.7 Å². The number of nitrogens with two attached hydrogens (primary N) is 4. The highest BCUT2D eigenvalue weighted by Gasteiger charge is 2.35. The van der Waals surface area contributed by atoms with Crippen LogP contribution in [-0.2, 0) is 49.6 Å². The Morgan fingerprint density at radius 3 is 1.53 bits per heavy atom. The third-order valence-electron chi connectivity index (χ3n) is 11.9. The molecule has 1 fully saturated rings. The molecule has 0 unspecified atom stereocenters. The van der Waals surface area contributed by atoms with Gasteiger partial charge in [-0.2, -0.15) is 0 Å². The predicted molar refractivity (Wildman–Crippen MR) is 278 cm³/mol. The van der Waals surface area contributed by atoms with Gasteiger partial charge in [-0.15, -0.1) is 0 Å². The molecule has 1 heterocycles. The molecule has 1 saturated heterocycles. The van der Waals surface area contributed by atoms with Crippen molar-refractivity contribution in [2.24, 2.45) is 34.8 Å². The van der Waals surface area contributed by atoms with E-state index in [2.05, 4.69) is 47.9 Å². The van der Waals surface area contributed by atoms with Crippen LogP contribution in [0.1, 0.15) is 91.0 Å². The number of carbonyl (C=O) groups is 9. The van der Waals surface area contributed by atoms with E-state index in [4.69, 9.17) is 27.7 Å². The highest BCUT2D eigenvalue weighted by Crippen LogP contribution is 2.13. The van der Waals surface area contributed by atoms with Crippen molar-refractivity contribution in [3.05, 3.63) is 66.2 Å². The summed E-state index contributed by atoms with van der Waals surface area (Å²) in [5.74, 6) is -6.22. The van der Waals surface area contributed by atoms with Crippen molar-refractivity contribution < 1.29 is 47.9 Å². The molecule has 2 aromatic carbocycles. The Morgan fingerprint density at radius 1 is 0.581 bits per heavy atom. The average molecular weight is 1040 g/mol. The number of benzene rings is 2. The highest BCUT2D eigenvalue weighted by atomic mass is 16.5. The maximum Gasteiger partial charge on any atom is 0.243 e. The summed E-state index contributed by atoms with van der Waals surface area (Å²) in [7, 11) is 0. The first-order valence-electron chi connectivity index (χ1n) is 25.6. The van der Waals surface area contributed by atoms with E-state index in [-0.39, 0.29) is 109 Å². The summed E-state index contributed by atoms with van der Waals surface area (Å²) in [6, 6.07) is 7.58. The zero-order valence-corrected chi connectivity index (χ0v) is 43.3. The van der Waals surface area contributed by atoms with Crippen LogP contribution in [0.5, 0.6) is 5.75 Å². The van der Waals surface area contributed by atoms with Crippen LogP contribution < -0.4 is 75.5 Å². The van der Waals surface area contributed by atoms with Crippen molar-refractivity contribution >= 4 is 53.2 Å². The fraction of sp³-hybridized carbons (Fsp3) is 0.588. The number of nitrogens with one attached hydrogen (secondary N) is 9. The van der Waals surface area contributed by atoms with Crippen molar-refractivity contribution in [1.82, 2.24) is 47.9 Å². The van der Waals surface area contributed by atoms with Crippen molar-refractivity contribution in [2.45, 2.75) is 140 Å². The first-order valence-corrected chi connectivity index (χ1v) is 25.6. The number of ether oxygens (including phenoxy) is 1. The van der Waals surface area contributed by atoms with E-state index in [1.807, 2.05) is 45.9 Å². The smallest absolute Gasteiger partial charge is 0.243 e. The number of hydrogen-bond donors (Lipinski definition) is 13. The zero-order valence-electron chi connectivity index (χ0n) is 43.3. The molecule has 17 N–H and O–H groups in total. The van der Waals surface area contributed by atoms with Crippen LogP contribution in [0.25, 0.3) is 0 Å². The van der Waals surface area contributed by atoms with Gasteiger partial charge in [-0.1, -0.05) is 76.2 Å². The van der Waals surface area contributed by atoms with Crippen LogP contribution in [-0.4, -0.2) is 141 Å². The fourth-order valence-electron chi connectivity index (χ4n) is 8.05. The van der Waals surface area contributed by atoms with Crippen molar-refractivity contribution in [3.63, 3.8) is 0 Å². The Balaban J connectivity index is 2.06. The van der Waals surface area contributed by atoms with Gasteiger partial charge in [-0.05, 0) is 107 Å². The second kappa shape index (κ2) is 33.2. The number of para-hydroxylation sites is 1. The van der Waals surface area contributed by atoms with Gasteiger partial charge in [0.2, 0.25) is 53.2 Å². The summed E-state index contributed by atoms with van der Waals surface area (Å²) in [5.41, 5.74) is 24.3. The monoisotopic (exact) mass is 1040 g/mol. The van der Waals surface area contributed by atoms with Crippen molar-refractivity contribution in [2.75, 3.05) is 39.3 Å². The molecule has 0 aromatic heterocycles. The molecule has 1 aliphatic rings. The number of rotatable bonds is 22. The van der Waals surface area contributed by atoms with E-state index in [1.54, 1.807) is 42.5 Å². The summed E-state index contributed by atoms with van der Waals surface area (Å²) >= 11 is 0. The van der Waals surface area contributed by atoms with Gasteiger partial charge >= 0.3 is 0 Å². The largest absolute Gasteiger partial charge is 0.494 e. The molecule has 23 heteroatoms. The molecule has 3 rings (SSSR count). The summed E-state index contributed by atoms with van der Waals surface area (Å²) < 4.78 is 5.68. The van der Waals surface area contributed by atoms with Crippen molar-refractivity contribution in [3.8, 4) is 5.75 Å². The normalized spacial score (nSPS) is 22.5. The molecule has 0 saturated carbocycles. The topological polar surface area (TPSA) is 375 Å². The molecule has 2 aromatic rings. The maximum atomic E-state index is 14.4. The van der Waals surface area contributed by atoms with E-state index >= 15 is 0 Å². The van der Waals surface area contributed by atoms with Crippen molar-refractivity contribution in [1.29, 1.82) is 0 Å². The Morgan fingerprint density at radius 2 is 1.03 bits per heavy atom. The number of carbonyl (C=O) groups excluding carboxylic acids is 9. The quantitative estimate of drug-likeness (QED) is 0.0567. The lowest BCUT2D eigenvalue weighted by atomic mass is 10.00. The Kier molecular flexibility index (Phi) is 27.6. The first kappa shape index (κ1) is 61.6. The fourth-order valence-corrected chi connectivity index (χ4v) is 8.05. The third-order valence-corrected chi connectivity index (χ3v) is 11.9. The summed E-state index contributed by atoms with van der Waals surface area (Å²) in [6.45, 7) is 7.09. The zero-order chi connectivity index (χ0) is 54.6. The number of hydrogen-bond acceptors (Lipinski definition) is 14. The molecule has 8 atom stereocenters. The van der Waals surface area contributed by atoms with Gasteiger partial charge in [-0.25, -0.2) is 0 Å². The van der Waals surface area contributed by atoms with Crippen LogP contribution in [0.2, 0.25) is 0 Å². The van der Waals surface area contributed by atoms with Crippen LogP contribution in [0.4, 0.5) is 0 Å². The van der Waals surface area contributed by atoms with Gasteiger partial charge in [0.05, 0.1) is 6.61 Å². The van der Waals surface area contributed by atoms with Gasteiger partial charge in [0.25, 0.3) is 0 Å². The Hall–Kier alpha value is -6.69. The molecule has 9 amide bonds. The lowest BCUT2D eigenvalue weighted by Crippen LogP contribution is -2.61. The lowest BCUT2D eigenvalue weighted by Gasteiger charge is -2.28. The van der Waals surface area contributed by atoms with Crippen LogP contribution >= 0.6 is 0 Å². The molecule has 1 aliphatic heterocycles. The average Bonchev–Trinajstić information content (AvgIpc) is 3.35. The lowest BCUT2D eigenvalue weighted by molar-refractivity contribution is -0.136. The van der Waals surface area contributed by atoms with Crippen LogP contribution in [0.3, 0.4) is 0 Å². The van der Waals surface area contributed by atoms with E-state index in [1.165, 1.54) is 0 Å². The minimum atomic E-state index is -1.45. The first-order chi connectivity index (χ1) is 35.4. The molecule has 0 radical (unpaired) electrons.